The van der Waals surface area contributed by atoms with Crippen molar-refractivity contribution in [3.8, 4) is 11.3 Å². The molecule has 0 fully saturated rings. The van der Waals surface area contributed by atoms with E-state index in [1.54, 1.807) is 17.5 Å². The molecule has 0 atom stereocenters. The number of furan rings is 1. The standard InChI is InChI=1S/C18H9ClF2N2O2S/c19-11(6-9-3-4-12(20)13(21)7-9)16-22-17(24)15-10(8-26-18(15)23-16)14-2-1-5-25-14/h1-8H,(H,22,23,24)/b11-6-. The minimum Gasteiger partial charge on any atom is -0.464 e. The maximum Gasteiger partial charge on any atom is 0.260 e. The van der Waals surface area contributed by atoms with Crippen LogP contribution in [0.15, 0.2) is 51.2 Å². The Kier molecular flexibility index (Phi) is 4.18. The van der Waals surface area contributed by atoms with Crippen molar-refractivity contribution in [2.45, 2.75) is 0 Å². The molecule has 0 aliphatic carbocycles. The summed E-state index contributed by atoms with van der Waals surface area (Å²) in [4.78, 5) is 20.0. The van der Waals surface area contributed by atoms with E-state index in [1.165, 1.54) is 29.7 Å². The Morgan fingerprint density at radius 2 is 2.12 bits per heavy atom. The number of thiophene rings is 1. The first-order valence-corrected chi connectivity index (χ1v) is 8.66. The molecule has 1 N–H and O–H groups in total. The molecule has 130 valence electrons. The topological polar surface area (TPSA) is 58.9 Å². The lowest BCUT2D eigenvalue weighted by Gasteiger charge is -2.01. The summed E-state index contributed by atoms with van der Waals surface area (Å²) in [5, 5.41) is 2.29. The minimum atomic E-state index is -0.985. The Balaban J connectivity index is 1.79. The van der Waals surface area contributed by atoms with E-state index in [2.05, 4.69) is 9.97 Å². The van der Waals surface area contributed by atoms with Crippen molar-refractivity contribution >= 4 is 44.3 Å². The number of hydrogen-bond acceptors (Lipinski definition) is 4. The number of nitrogens with zero attached hydrogens (tertiary/aromatic N) is 1. The van der Waals surface area contributed by atoms with E-state index in [0.717, 1.165) is 12.1 Å². The third-order valence-corrected chi connectivity index (χ3v) is 4.85. The fraction of sp³-hybridized carbons (Fsp3) is 0. The van der Waals surface area contributed by atoms with Gasteiger partial charge in [-0.2, -0.15) is 0 Å². The Morgan fingerprint density at radius 3 is 2.85 bits per heavy atom. The van der Waals surface area contributed by atoms with Gasteiger partial charge in [-0.15, -0.1) is 11.3 Å². The van der Waals surface area contributed by atoms with Crippen molar-refractivity contribution in [3.63, 3.8) is 0 Å². The van der Waals surface area contributed by atoms with E-state index in [1.807, 2.05) is 0 Å². The minimum absolute atomic E-state index is 0.1000. The number of aromatic nitrogens is 2. The van der Waals surface area contributed by atoms with Crippen LogP contribution in [0.3, 0.4) is 0 Å². The Bertz CT molecular complexity index is 1200. The molecule has 4 nitrogen and oxygen atoms in total. The van der Waals surface area contributed by atoms with Gasteiger partial charge in [0, 0.05) is 10.9 Å². The van der Waals surface area contributed by atoms with Crippen molar-refractivity contribution in [1.29, 1.82) is 0 Å². The van der Waals surface area contributed by atoms with Crippen molar-refractivity contribution in [2.24, 2.45) is 0 Å². The lowest BCUT2D eigenvalue weighted by atomic mass is 10.2. The molecular formula is C18H9ClF2N2O2S. The highest BCUT2D eigenvalue weighted by Crippen LogP contribution is 2.32. The number of H-pyrrole nitrogens is 1. The summed E-state index contributed by atoms with van der Waals surface area (Å²) < 4.78 is 31.7. The van der Waals surface area contributed by atoms with Crippen LogP contribution in [-0.4, -0.2) is 9.97 Å². The molecule has 4 rings (SSSR count). The van der Waals surface area contributed by atoms with Crippen molar-refractivity contribution in [2.75, 3.05) is 0 Å². The number of halogens is 3. The molecule has 3 heterocycles. The zero-order chi connectivity index (χ0) is 18.3. The highest BCUT2D eigenvalue weighted by Gasteiger charge is 2.15. The molecule has 8 heteroatoms. The average molecular weight is 391 g/mol. The first-order chi connectivity index (χ1) is 12.5. The zero-order valence-corrected chi connectivity index (χ0v) is 14.5. The molecule has 0 aliphatic rings. The van der Waals surface area contributed by atoms with Crippen molar-refractivity contribution in [1.82, 2.24) is 9.97 Å². The van der Waals surface area contributed by atoms with Crippen LogP contribution in [0.5, 0.6) is 0 Å². The summed E-state index contributed by atoms with van der Waals surface area (Å²) >= 11 is 7.49. The smallest absolute Gasteiger partial charge is 0.260 e. The maximum atomic E-state index is 13.3. The molecule has 0 saturated heterocycles. The average Bonchev–Trinajstić information content (AvgIpc) is 3.27. The van der Waals surface area contributed by atoms with Gasteiger partial charge in [-0.1, -0.05) is 17.7 Å². The molecule has 0 radical (unpaired) electrons. The van der Waals surface area contributed by atoms with E-state index < -0.39 is 11.6 Å². The van der Waals surface area contributed by atoms with Gasteiger partial charge in [-0.3, -0.25) is 4.79 Å². The van der Waals surface area contributed by atoms with E-state index >= 15 is 0 Å². The predicted molar refractivity (Wildman–Crippen MR) is 98.0 cm³/mol. The summed E-state index contributed by atoms with van der Waals surface area (Å²) in [5.41, 5.74) is 0.629. The largest absolute Gasteiger partial charge is 0.464 e. The molecule has 0 amide bonds. The molecule has 0 unspecified atom stereocenters. The van der Waals surface area contributed by atoms with Crippen LogP contribution in [0.2, 0.25) is 0 Å². The predicted octanol–water partition coefficient (Wildman–Crippen LogP) is 5.26. The van der Waals surface area contributed by atoms with Crippen molar-refractivity contribution in [3.05, 3.63) is 75.4 Å². The molecule has 0 spiro atoms. The zero-order valence-electron chi connectivity index (χ0n) is 12.9. The van der Waals surface area contributed by atoms with E-state index in [0.29, 0.717) is 27.1 Å². The number of benzene rings is 1. The monoisotopic (exact) mass is 390 g/mol. The van der Waals surface area contributed by atoms with Gasteiger partial charge in [0.25, 0.3) is 5.56 Å². The van der Waals surface area contributed by atoms with Gasteiger partial charge in [-0.05, 0) is 35.9 Å². The summed E-state index contributed by atoms with van der Waals surface area (Å²) in [6, 6.07) is 6.87. The number of nitrogens with one attached hydrogen (secondary N) is 1. The van der Waals surface area contributed by atoms with Gasteiger partial charge < -0.3 is 9.40 Å². The van der Waals surface area contributed by atoms with E-state index in [-0.39, 0.29) is 16.4 Å². The number of aromatic amines is 1. The summed E-state index contributed by atoms with van der Waals surface area (Å²) in [6.45, 7) is 0. The van der Waals surface area contributed by atoms with Crippen LogP contribution in [0.1, 0.15) is 11.4 Å². The quantitative estimate of drug-likeness (QED) is 0.519. The Hall–Kier alpha value is -2.77. The van der Waals surface area contributed by atoms with Crippen LogP contribution >= 0.6 is 22.9 Å². The summed E-state index contributed by atoms with van der Waals surface area (Å²) in [6.07, 6.45) is 2.92. The van der Waals surface area contributed by atoms with Gasteiger partial charge in [0.1, 0.15) is 10.6 Å². The van der Waals surface area contributed by atoms with Crippen LogP contribution in [-0.2, 0) is 0 Å². The summed E-state index contributed by atoms with van der Waals surface area (Å²) in [7, 11) is 0. The molecule has 3 aromatic heterocycles. The second-order valence-electron chi connectivity index (χ2n) is 5.39. The third-order valence-electron chi connectivity index (χ3n) is 3.69. The van der Waals surface area contributed by atoms with Crippen LogP contribution < -0.4 is 5.56 Å². The second kappa shape index (κ2) is 6.51. The fourth-order valence-corrected chi connectivity index (χ4v) is 3.64. The fourth-order valence-electron chi connectivity index (χ4n) is 2.49. The molecule has 0 saturated carbocycles. The molecular weight excluding hydrogens is 382 g/mol. The Labute approximate surface area is 154 Å². The molecule has 4 aromatic rings. The third kappa shape index (κ3) is 2.95. The first kappa shape index (κ1) is 16.7. The normalized spacial score (nSPS) is 12.0. The Morgan fingerprint density at radius 1 is 1.27 bits per heavy atom. The molecule has 1 aromatic carbocycles. The van der Waals surface area contributed by atoms with Gasteiger partial charge in [-0.25, -0.2) is 13.8 Å². The number of hydrogen-bond donors (Lipinski definition) is 1. The van der Waals surface area contributed by atoms with Gasteiger partial charge in [0.2, 0.25) is 0 Å². The van der Waals surface area contributed by atoms with Crippen LogP contribution in [0.25, 0.3) is 32.6 Å². The molecule has 26 heavy (non-hydrogen) atoms. The van der Waals surface area contributed by atoms with Crippen LogP contribution in [0.4, 0.5) is 8.78 Å². The second-order valence-corrected chi connectivity index (χ2v) is 6.65. The van der Waals surface area contributed by atoms with E-state index in [4.69, 9.17) is 16.0 Å². The lowest BCUT2D eigenvalue weighted by Crippen LogP contribution is -2.10. The first-order valence-electron chi connectivity index (χ1n) is 7.41. The number of rotatable bonds is 3. The summed E-state index contributed by atoms with van der Waals surface area (Å²) in [5.74, 6) is -1.22. The molecule has 0 aliphatic heterocycles. The molecule has 0 bridgehead atoms. The van der Waals surface area contributed by atoms with Crippen molar-refractivity contribution < 1.29 is 13.2 Å². The highest BCUT2D eigenvalue weighted by molar-refractivity contribution is 7.17. The van der Waals surface area contributed by atoms with Gasteiger partial charge in [0.15, 0.2) is 17.5 Å². The highest BCUT2D eigenvalue weighted by atomic mass is 35.5. The van der Waals surface area contributed by atoms with Crippen LogP contribution in [0, 0.1) is 11.6 Å². The SMILES string of the molecule is O=c1[nH]c(/C(Cl)=C/c2ccc(F)c(F)c2)nc2scc(-c3ccco3)c12. The lowest BCUT2D eigenvalue weighted by molar-refractivity contribution is 0.508. The van der Waals surface area contributed by atoms with Gasteiger partial charge in [0.05, 0.1) is 16.7 Å². The van der Waals surface area contributed by atoms with E-state index in [9.17, 15) is 13.6 Å². The maximum absolute atomic E-state index is 13.3. The van der Waals surface area contributed by atoms with Gasteiger partial charge >= 0.3 is 0 Å². The number of fused-ring (bicyclic) bond motifs is 1.